The fourth-order valence-electron chi connectivity index (χ4n) is 3.31. The predicted molar refractivity (Wildman–Crippen MR) is 173 cm³/mol. The summed E-state index contributed by atoms with van der Waals surface area (Å²) in [6.07, 6.45) is 0. The standard InChI is InChI=1S/C36H29FO8.CH4/c1-20(2)33(38)42-29-15-12-25(18-31(29)44-35(40)22(5)6)10-9-24-11-14-27(28(37)17-24)26-13-16-30(43-34(39)21(3)4)32(19-26)45-36(41)23(7)8;/h11-19H,1,3,5,7H2,2,4,6,8H3;1H4. The van der Waals surface area contributed by atoms with E-state index < -0.39 is 29.7 Å². The Bertz CT molecular complexity index is 1850. The molecule has 0 aliphatic heterocycles. The lowest BCUT2D eigenvalue weighted by Crippen LogP contribution is -2.12. The summed E-state index contributed by atoms with van der Waals surface area (Å²) in [4.78, 5) is 48.4. The number of ether oxygens (including phenoxy) is 4. The number of hydrogen-bond acceptors (Lipinski definition) is 8. The van der Waals surface area contributed by atoms with E-state index in [0.717, 1.165) is 0 Å². The number of esters is 4. The number of carbonyl (C=O) groups excluding carboxylic acids is 4. The average molecular weight is 625 g/mol. The Kier molecular flexibility index (Phi) is 12.3. The van der Waals surface area contributed by atoms with Gasteiger partial charge in [0, 0.05) is 45.0 Å². The minimum atomic E-state index is -0.759. The van der Waals surface area contributed by atoms with Gasteiger partial charge in [-0.15, -0.1) is 0 Å². The van der Waals surface area contributed by atoms with E-state index in [-0.39, 0.29) is 58.3 Å². The van der Waals surface area contributed by atoms with Crippen LogP contribution in [-0.2, 0) is 19.2 Å². The van der Waals surface area contributed by atoms with Crippen LogP contribution in [0, 0.1) is 17.7 Å². The zero-order valence-corrected chi connectivity index (χ0v) is 25.2. The lowest BCUT2D eigenvalue weighted by molar-refractivity contribution is -0.132. The summed E-state index contributed by atoms with van der Waals surface area (Å²) in [5.74, 6) is 1.88. The molecule has 0 aliphatic rings. The molecule has 9 heteroatoms. The molecule has 0 radical (unpaired) electrons. The molecule has 8 nitrogen and oxygen atoms in total. The highest BCUT2D eigenvalue weighted by Crippen LogP contribution is 2.35. The van der Waals surface area contributed by atoms with Crippen LogP contribution >= 0.6 is 0 Å². The van der Waals surface area contributed by atoms with Crippen molar-refractivity contribution in [2.75, 3.05) is 0 Å². The Balaban J connectivity index is 0.00000736. The number of carbonyl (C=O) groups is 4. The van der Waals surface area contributed by atoms with Crippen LogP contribution < -0.4 is 18.9 Å². The van der Waals surface area contributed by atoms with Crippen LogP contribution in [0.25, 0.3) is 11.1 Å². The van der Waals surface area contributed by atoms with E-state index >= 15 is 4.39 Å². The molecular weight excluding hydrogens is 591 g/mol. The minimum Gasteiger partial charge on any atom is -0.419 e. The molecule has 0 aromatic heterocycles. The molecule has 0 heterocycles. The summed E-state index contributed by atoms with van der Waals surface area (Å²) in [6, 6.07) is 12.8. The van der Waals surface area contributed by atoms with Gasteiger partial charge in [-0.1, -0.05) is 57.7 Å². The van der Waals surface area contributed by atoms with Crippen molar-refractivity contribution in [2.24, 2.45) is 0 Å². The summed E-state index contributed by atoms with van der Waals surface area (Å²) in [5, 5.41) is 0. The number of hydrogen-bond donors (Lipinski definition) is 0. The van der Waals surface area contributed by atoms with Crippen molar-refractivity contribution in [3.8, 4) is 46.0 Å². The molecule has 0 saturated heterocycles. The fraction of sp³-hybridized carbons (Fsp3) is 0.135. The third-order valence-electron chi connectivity index (χ3n) is 5.72. The van der Waals surface area contributed by atoms with Crippen molar-refractivity contribution in [3.63, 3.8) is 0 Å². The lowest BCUT2D eigenvalue weighted by Gasteiger charge is -2.13. The molecule has 0 spiro atoms. The molecule has 0 aliphatic carbocycles. The number of rotatable bonds is 9. The Labute approximate surface area is 267 Å². The van der Waals surface area contributed by atoms with Crippen molar-refractivity contribution in [3.05, 3.63) is 120 Å². The first-order valence-corrected chi connectivity index (χ1v) is 13.3. The summed E-state index contributed by atoms with van der Waals surface area (Å²) < 4.78 is 36.5. The third-order valence-corrected chi connectivity index (χ3v) is 5.72. The van der Waals surface area contributed by atoms with Gasteiger partial charge in [0.2, 0.25) is 0 Å². The van der Waals surface area contributed by atoms with Gasteiger partial charge in [-0.05, 0) is 69.7 Å². The minimum absolute atomic E-state index is 0. The van der Waals surface area contributed by atoms with Gasteiger partial charge in [-0.2, -0.15) is 0 Å². The van der Waals surface area contributed by atoms with Crippen molar-refractivity contribution < 1.29 is 42.5 Å². The highest BCUT2D eigenvalue weighted by molar-refractivity contribution is 5.92. The smallest absolute Gasteiger partial charge is 0.338 e. The first kappa shape index (κ1) is 36.2. The van der Waals surface area contributed by atoms with Crippen molar-refractivity contribution >= 4 is 23.9 Å². The van der Waals surface area contributed by atoms with Gasteiger partial charge in [0.25, 0.3) is 0 Å². The predicted octanol–water partition coefficient (Wildman–Crippen LogP) is 7.45. The Morgan fingerprint density at radius 2 is 0.913 bits per heavy atom. The van der Waals surface area contributed by atoms with Crippen LogP contribution in [0.3, 0.4) is 0 Å². The van der Waals surface area contributed by atoms with E-state index in [9.17, 15) is 19.2 Å². The molecule has 0 saturated carbocycles. The average Bonchev–Trinajstić information content (AvgIpc) is 2.97. The van der Waals surface area contributed by atoms with Gasteiger partial charge in [0.1, 0.15) is 5.82 Å². The van der Waals surface area contributed by atoms with E-state index in [1.807, 2.05) is 0 Å². The molecule has 0 fully saturated rings. The third kappa shape index (κ3) is 9.49. The molecule has 0 bridgehead atoms. The van der Waals surface area contributed by atoms with Crippen LogP contribution in [0.1, 0.15) is 46.2 Å². The van der Waals surface area contributed by atoms with Crippen molar-refractivity contribution in [2.45, 2.75) is 35.1 Å². The normalized spacial score (nSPS) is 9.76. The number of benzene rings is 3. The second kappa shape index (κ2) is 15.6. The molecule has 0 amide bonds. The maximum atomic E-state index is 15.3. The van der Waals surface area contributed by atoms with Gasteiger partial charge >= 0.3 is 23.9 Å². The van der Waals surface area contributed by atoms with E-state index in [2.05, 4.69) is 38.2 Å². The van der Waals surface area contributed by atoms with E-state index in [1.54, 1.807) is 6.07 Å². The molecule has 3 rings (SSSR count). The SMILES string of the molecule is C.C=C(C)C(=O)Oc1ccc(C#Cc2ccc(-c3ccc(OC(=O)C(=C)C)c(OC(=O)C(=C)C)c3)c(F)c2)cc1OC(=O)C(=C)C. The molecule has 3 aromatic carbocycles. The molecule has 3 aromatic rings. The first-order valence-electron chi connectivity index (χ1n) is 13.3. The zero-order chi connectivity index (χ0) is 33.4. The Morgan fingerprint density at radius 1 is 0.543 bits per heavy atom. The van der Waals surface area contributed by atoms with Gasteiger partial charge < -0.3 is 18.9 Å². The highest BCUT2D eigenvalue weighted by Gasteiger charge is 2.18. The van der Waals surface area contributed by atoms with Crippen LogP contribution in [0.5, 0.6) is 23.0 Å². The second-order valence-electron chi connectivity index (χ2n) is 9.95. The Morgan fingerprint density at radius 3 is 1.35 bits per heavy atom. The molecule has 46 heavy (non-hydrogen) atoms. The number of halogens is 1. The first-order chi connectivity index (χ1) is 21.2. The van der Waals surface area contributed by atoms with Gasteiger partial charge in [0.05, 0.1) is 0 Å². The molecule has 0 N–H and O–H groups in total. The zero-order valence-electron chi connectivity index (χ0n) is 25.2. The molecule has 0 unspecified atom stereocenters. The van der Waals surface area contributed by atoms with Crippen LogP contribution in [0.2, 0.25) is 0 Å². The fourth-order valence-corrected chi connectivity index (χ4v) is 3.31. The largest absolute Gasteiger partial charge is 0.419 e. The molecular formula is C37H33FO8. The topological polar surface area (TPSA) is 105 Å². The Hall–Kier alpha value is -6.01. The monoisotopic (exact) mass is 624 g/mol. The van der Waals surface area contributed by atoms with Crippen molar-refractivity contribution in [1.82, 2.24) is 0 Å². The summed E-state index contributed by atoms with van der Waals surface area (Å²) in [5.41, 5.74) is 1.69. The maximum Gasteiger partial charge on any atom is 0.338 e. The quantitative estimate of drug-likeness (QED) is 0.105. The summed E-state index contributed by atoms with van der Waals surface area (Å²) in [7, 11) is 0. The van der Waals surface area contributed by atoms with Crippen LogP contribution in [-0.4, -0.2) is 23.9 Å². The van der Waals surface area contributed by atoms with Gasteiger partial charge in [0.15, 0.2) is 23.0 Å². The highest BCUT2D eigenvalue weighted by atomic mass is 19.1. The van der Waals surface area contributed by atoms with Crippen molar-refractivity contribution in [1.29, 1.82) is 0 Å². The van der Waals surface area contributed by atoms with E-state index in [0.29, 0.717) is 16.7 Å². The molecule has 0 atom stereocenters. The van der Waals surface area contributed by atoms with Gasteiger partial charge in [-0.3, -0.25) is 0 Å². The lowest BCUT2D eigenvalue weighted by atomic mass is 10.0. The maximum absolute atomic E-state index is 15.3. The summed E-state index contributed by atoms with van der Waals surface area (Å²) in [6.45, 7) is 20.0. The van der Waals surface area contributed by atoms with Crippen LogP contribution in [0.4, 0.5) is 4.39 Å². The van der Waals surface area contributed by atoms with Gasteiger partial charge in [-0.25, -0.2) is 23.6 Å². The van der Waals surface area contributed by atoms with E-state index in [4.69, 9.17) is 18.9 Å². The summed E-state index contributed by atoms with van der Waals surface area (Å²) >= 11 is 0. The molecule has 236 valence electrons. The second-order valence-corrected chi connectivity index (χ2v) is 9.95. The van der Waals surface area contributed by atoms with Crippen LogP contribution in [0.15, 0.2) is 103 Å². The van der Waals surface area contributed by atoms with E-state index in [1.165, 1.54) is 76.2 Å².